The Balaban J connectivity index is 2.44. The third-order valence-electron chi connectivity index (χ3n) is 2.60. The van der Waals surface area contributed by atoms with Crippen LogP contribution in [0.1, 0.15) is 24.1 Å². The van der Waals surface area contributed by atoms with Crippen LogP contribution in [0.2, 0.25) is 0 Å². The van der Waals surface area contributed by atoms with Crippen LogP contribution in [0.25, 0.3) is 0 Å². The lowest BCUT2D eigenvalue weighted by Gasteiger charge is -2.19. The predicted octanol–water partition coefficient (Wildman–Crippen LogP) is 5.58. The Morgan fingerprint density at radius 3 is 2.72 bits per heavy atom. The molecule has 0 spiro atoms. The van der Waals surface area contributed by atoms with E-state index in [1.807, 2.05) is 6.07 Å². The standard InChI is InChI=1S/C13H12Br2INS/c1-2-17-13(8-5-12(16)18-7-8)10-6-9(14)3-4-11(10)15/h3-7,13,17H,2H2,1H3. The van der Waals surface area contributed by atoms with Crippen molar-refractivity contribution in [3.8, 4) is 0 Å². The van der Waals surface area contributed by atoms with Crippen molar-refractivity contribution in [1.29, 1.82) is 0 Å². The molecular weight excluding hydrogens is 489 g/mol. The van der Waals surface area contributed by atoms with Gasteiger partial charge in [-0.25, -0.2) is 0 Å². The molecule has 0 fully saturated rings. The van der Waals surface area contributed by atoms with Crippen molar-refractivity contribution in [2.45, 2.75) is 13.0 Å². The molecule has 1 aromatic carbocycles. The van der Waals surface area contributed by atoms with Gasteiger partial charge in [-0.05, 0) is 69.9 Å². The molecule has 0 radical (unpaired) electrons. The van der Waals surface area contributed by atoms with Gasteiger partial charge < -0.3 is 5.32 Å². The van der Waals surface area contributed by atoms with E-state index < -0.39 is 0 Å². The van der Waals surface area contributed by atoms with Crippen molar-refractivity contribution in [3.63, 3.8) is 0 Å². The van der Waals surface area contributed by atoms with Gasteiger partial charge in [-0.15, -0.1) is 11.3 Å². The molecule has 1 atom stereocenters. The van der Waals surface area contributed by atoms with Crippen molar-refractivity contribution in [3.05, 3.63) is 52.6 Å². The lowest BCUT2D eigenvalue weighted by atomic mass is 10.0. The largest absolute Gasteiger partial charge is 0.306 e. The fraction of sp³-hybridized carbons (Fsp3) is 0.231. The Morgan fingerprint density at radius 1 is 1.33 bits per heavy atom. The molecule has 18 heavy (non-hydrogen) atoms. The Hall–Kier alpha value is 0.570. The van der Waals surface area contributed by atoms with Gasteiger partial charge in [-0.2, -0.15) is 0 Å². The van der Waals surface area contributed by atoms with Gasteiger partial charge in [0.05, 0.1) is 8.93 Å². The van der Waals surface area contributed by atoms with Crippen molar-refractivity contribution < 1.29 is 0 Å². The number of nitrogens with one attached hydrogen (secondary N) is 1. The number of thiophene rings is 1. The average molecular weight is 501 g/mol. The maximum atomic E-state index is 3.65. The van der Waals surface area contributed by atoms with Crippen molar-refractivity contribution in [2.75, 3.05) is 6.54 Å². The van der Waals surface area contributed by atoms with E-state index in [9.17, 15) is 0 Å². The van der Waals surface area contributed by atoms with E-state index in [1.165, 1.54) is 14.0 Å². The minimum absolute atomic E-state index is 0.238. The second kappa shape index (κ2) is 6.83. The van der Waals surface area contributed by atoms with Gasteiger partial charge in [0.1, 0.15) is 0 Å². The summed E-state index contributed by atoms with van der Waals surface area (Å²) in [6.07, 6.45) is 0. The smallest absolute Gasteiger partial charge is 0.0656 e. The highest BCUT2D eigenvalue weighted by atomic mass is 127. The van der Waals surface area contributed by atoms with Crippen molar-refractivity contribution in [2.24, 2.45) is 0 Å². The molecule has 0 saturated heterocycles. The zero-order chi connectivity index (χ0) is 13.1. The first-order valence-electron chi connectivity index (χ1n) is 5.54. The van der Waals surface area contributed by atoms with Crippen LogP contribution >= 0.6 is 65.8 Å². The monoisotopic (exact) mass is 499 g/mol. The molecule has 1 N–H and O–H groups in total. The van der Waals surface area contributed by atoms with Crippen LogP contribution in [0, 0.1) is 2.88 Å². The summed E-state index contributed by atoms with van der Waals surface area (Å²) in [6, 6.07) is 8.78. The van der Waals surface area contributed by atoms with Gasteiger partial charge >= 0.3 is 0 Å². The Kier molecular flexibility index (Phi) is 5.68. The van der Waals surface area contributed by atoms with Crippen LogP contribution in [-0.4, -0.2) is 6.54 Å². The second-order valence-corrected chi connectivity index (χ2v) is 8.42. The molecule has 1 heterocycles. The highest BCUT2D eigenvalue weighted by Gasteiger charge is 2.17. The molecule has 1 aromatic heterocycles. The Labute approximate surface area is 142 Å². The van der Waals surface area contributed by atoms with Crippen LogP contribution in [0.4, 0.5) is 0 Å². The number of halogens is 3. The number of rotatable bonds is 4. The summed E-state index contributed by atoms with van der Waals surface area (Å²) >= 11 is 11.3. The van der Waals surface area contributed by atoms with Gasteiger partial charge in [0.25, 0.3) is 0 Å². The zero-order valence-electron chi connectivity index (χ0n) is 9.71. The SMILES string of the molecule is CCNC(c1csc(I)c1)c1cc(Br)ccc1Br. The molecular formula is C13H12Br2INS. The van der Waals surface area contributed by atoms with E-state index in [0.29, 0.717) is 0 Å². The summed E-state index contributed by atoms with van der Waals surface area (Å²) in [5, 5.41) is 5.77. The summed E-state index contributed by atoms with van der Waals surface area (Å²) in [5.74, 6) is 0. The zero-order valence-corrected chi connectivity index (χ0v) is 15.9. The van der Waals surface area contributed by atoms with E-state index in [-0.39, 0.29) is 6.04 Å². The fourth-order valence-electron chi connectivity index (χ4n) is 1.82. The lowest BCUT2D eigenvalue weighted by molar-refractivity contribution is 0.630. The molecule has 0 aliphatic rings. The van der Waals surface area contributed by atoms with Gasteiger partial charge in [-0.3, -0.25) is 0 Å². The molecule has 0 bridgehead atoms. The maximum Gasteiger partial charge on any atom is 0.0656 e. The topological polar surface area (TPSA) is 12.0 Å². The normalized spacial score (nSPS) is 12.7. The Bertz CT molecular complexity index is 542. The van der Waals surface area contributed by atoms with E-state index in [2.05, 4.69) is 90.3 Å². The highest BCUT2D eigenvalue weighted by Crippen LogP contribution is 2.33. The Morgan fingerprint density at radius 2 is 2.11 bits per heavy atom. The lowest BCUT2D eigenvalue weighted by Crippen LogP contribution is -2.21. The molecule has 0 aliphatic heterocycles. The number of benzene rings is 1. The maximum absolute atomic E-state index is 3.65. The molecule has 1 nitrogen and oxygen atoms in total. The molecule has 96 valence electrons. The quantitative estimate of drug-likeness (QED) is 0.541. The molecule has 1 unspecified atom stereocenters. The predicted molar refractivity (Wildman–Crippen MR) is 94.4 cm³/mol. The fourth-order valence-corrected chi connectivity index (χ4v) is 4.07. The van der Waals surface area contributed by atoms with E-state index in [0.717, 1.165) is 15.5 Å². The van der Waals surface area contributed by atoms with Crippen LogP contribution in [0.15, 0.2) is 38.6 Å². The van der Waals surface area contributed by atoms with Crippen molar-refractivity contribution >= 4 is 65.8 Å². The van der Waals surface area contributed by atoms with Crippen LogP contribution in [0.3, 0.4) is 0 Å². The van der Waals surface area contributed by atoms with E-state index in [1.54, 1.807) is 11.3 Å². The van der Waals surface area contributed by atoms with Gasteiger partial charge in [-0.1, -0.05) is 38.8 Å². The molecule has 0 saturated carbocycles. The van der Waals surface area contributed by atoms with E-state index >= 15 is 0 Å². The third-order valence-corrected chi connectivity index (χ3v) is 5.62. The van der Waals surface area contributed by atoms with Gasteiger partial charge in [0.15, 0.2) is 0 Å². The molecule has 2 aromatic rings. The first-order valence-corrected chi connectivity index (χ1v) is 9.08. The second-order valence-electron chi connectivity index (χ2n) is 3.84. The first kappa shape index (κ1) is 15.0. The average Bonchev–Trinajstić information content (AvgIpc) is 2.76. The molecule has 5 heteroatoms. The number of hydrogen-bond acceptors (Lipinski definition) is 2. The van der Waals surface area contributed by atoms with Crippen molar-refractivity contribution in [1.82, 2.24) is 5.32 Å². The summed E-state index contributed by atoms with van der Waals surface area (Å²) in [6.45, 7) is 3.08. The van der Waals surface area contributed by atoms with Crippen LogP contribution in [-0.2, 0) is 0 Å². The van der Waals surface area contributed by atoms with Gasteiger partial charge in [0, 0.05) is 8.95 Å². The number of hydrogen-bond donors (Lipinski definition) is 1. The minimum Gasteiger partial charge on any atom is -0.306 e. The van der Waals surface area contributed by atoms with Gasteiger partial charge in [0.2, 0.25) is 0 Å². The summed E-state index contributed by atoms with van der Waals surface area (Å²) in [7, 11) is 0. The third kappa shape index (κ3) is 3.56. The highest BCUT2D eigenvalue weighted by molar-refractivity contribution is 14.1. The molecule has 2 rings (SSSR count). The molecule has 0 aliphatic carbocycles. The summed E-state index contributed by atoms with van der Waals surface area (Å²) in [4.78, 5) is 0. The van der Waals surface area contributed by atoms with Crippen LogP contribution < -0.4 is 5.32 Å². The summed E-state index contributed by atoms with van der Waals surface area (Å²) < 4.78 is 3.56. The first-order chi connectivity index (χ1) is 8.61. The summed E-state index contributed by atoms with van der Waals surface area (Å²) in [5.41, 5.74) is 2.59. The van der Waals surface area contributed by atoms with Crippen LogP contribution in [0.5, 0.6) is 0 Å². The van der Waals surface area contributed by atoms with E-state index in [4.69, 9.17) is 0 Å². The minimum atomic E-state index is 0.238. The molecule has 0 amide bonds.